The number of carboxylic acids is 1. The van der Waals surface area contributed by atoms with Crippen LogP contribution in [0.4, 0.5) is 18.9 Å². The van der Waals surface area contributed by atoms with Gasteiger partial charge >= 0.3 is 12.1 Å². The highest BCUT2D eigenvalue weighted by atomic mass is 19.4. The molecule has 3 aromatic heterocycles. The monoisotopic (exact) mass is 561 g/mol. The topological polar surface area (TPSA) is 105 Å². The summed E-state index contributed by atoms with van der Waals surface area (Å²) in [4.78, 5) is 31.8. The molecule has 0 saturated carbocycles. The van der Waals surface area contributed by atoms with Gasteiger partial charge in [0.2, 0.25) is 0 Å². The van der Waals surface area contributed by atoms with E-state index in [9.17, 15) is 18.0 Å². The molecular weight excluding hydrogens is 527 g/mol. The molecule has 0 aliphatic carbocycles. The molecular formula is C28H34F3N5O4. The van der Waals surface area contributed by atoms with Crippen LogP contribution in [0.3, 0.4) is 0 Å². The predicted molar refractivity (Wildman–Crippen MR) is 141 cm³/mol. The number of likely N-dealkylation sites (tertiary alicyclic amines) is 1. The number of alkyl halides is 3. The van der Waals surface area contributed by atoms with Crippen LogP contribution >= 0.6 is 0 Å². The minimum atomic E-state index is -5.08. The number of nitrogens with zero attached hydrogens (tertiary/aromatic N) is 5. The number of carbonyl (C=O) groups excluding carboxylic acids is 1. The van der Waals surface area contributed by atoms with Crippen molar-refractivity contribution in [1.29, 1.82) is 0 Å². The van der Waals surface area contributed by atoms with Crippen LogP contribution in [0, 0.1) is 12.8 Å². The number of aliphatic carboxylic acids is 1. The van der Waals surface area contributed by atoms with Crippen LogP contribution in [0.1, 0.15) is 67.5 Å². The van der Waals surface area contributed by atoms with Gasteiger partial charge in [0.05, 0.1) is 17.1 Å². The molecule has 1 unspecified atom stereocenters. The van der Waals surface area contributed by atoms with E-state index in [0.717, 1.165) is 43.7 Å². The number of rotatable bonds is 6. The number of pyridine rings is 1. The molecule has 1 spiro atoms. The molecule has 1 N–H and O–H groups in total. The van der Waals surface area contributed by atoms with Crippen molar-refractivity contribution in [2.75, 3.05) is 24.5 Å². The molecule has 5 rings (SSSR count). The molecule has 3 aromatic rings. The average Bonchev–Trinajstić information content (AvgIpc) is 3.63. The first-order valence-electron chi connectivity index (χ1n) is 13.4. The maximum absolute atomic E-state index is 13.7. The Bertz CT molecular complexity index is 1370. The van der Waals surface area contributed by atoms with Gasteiger partial charge in [0.25, 0.3) is 5.91 Å². The van der Waals surface area contributed by atoms with Crippen LogP contribution in [0.5, 0.6) is 0 Å². The molecule has 40 heavy (non-hydrogen) atoms. The van der Waals surface area contributed by atoms with E-state index >= 15 is 0 Å². The molecule has 0 aromatic carbocycles. The molecule has 9 nitrogen and oxygen atoms in total. The largest absolute Gasteiger partial charge is 0.490 e. The number of fused-ring (bicyclic) bond motifs is 4. The summed E-state index contributed by atoms with van der Waals surface area (Å²) in [5.41, 5.74) is 3.41. The standard InChI is InChI=1S/C26H33N5O2.C2HF3O2/c1-5-8-21-23(19(4)28-33-21)25(32)29-16-12-26(17-29)22-10-7-14-30(22)24-20(9-6-13-27-24)31(26)15-11-18(2)3;3-2(4,5)1(6)7/h6-7,9-10,13-14,18H,5,8,11-12,15-17H2,1-4H3;(H,6,7). The molecule has 2 aliphatic rings. The molecule has 0 bridgehead atoms. The smallest absolute Gasteiger partial charge is 0.475 e. The molecule has 1 fully saturated rings. The van der Waals surface area contributed by atoms with E-state index in [4.69, 9.17) is 19.4 Å². The third kappa shape index (κ3) is 5.44. The number of hydrogen-bond donors (Lipinski definition) is 1. The minimum Gasteiger partial charge on any atom is -0.475 e. The normalized spacial score (nSPS) is 18.0. The van der Waals surface area contributed by atoms with Gasteiger partial charge in [-0.3, -0.25) is 4.79 Å². The Morgan fingerprint density at radius 1 is 1.23 bits per heavy atom. The van der Waals surface area contributed by atoms with E-state index in [-0.39, 0.29) is 11.4 Å². The highest BCUT2D eigenvalue weighted by Gasteiger charge is 2.51. The summed E-state index contributed by atoms with van der Waals surface area (Å²) in [5, 5.41) is 11.2. The van der Waals surface area contributed by atoms with Crippen molar-refractivity contribution < 1.29 is 32.4 Å². The quantitative estimate of drug-likeness (QED) is 0.432. The number of hydrogen-bond acceptors (Lipinski definition) is 6. The summed E-state index contributed by atoms with van der Waals surface area (Å²) in [5.74, 6) is -0.456. The lowest BCUT2D eigenvalue weighted by Crippen LogP contribution is -2.53. The lowest BCUT2D eigenvalue weighted by Gasteiger charge is -2.47. The van der Waals surface area contributed by atoms with Crippen LogP contribution < -0.4 is 4.90 Å². The van der Waals surface area contributed by atoms with Crippen molar-refractivity contribution in [2.24, 2.45) is 5.92 Å². The van der Waals surface area contributed by atoms with E-state index in [1.165, 1.54) is 5.69 Å². The van der Waals surface area contributed by atoms with Gasteiger partial charge in [-0.15, -0.1) is 0 Å². The number of amides is 1. The van der Waals surface area contributed by atoms with Gasteiger partial charge < -0.3 is 24.0 Å². The van der Waals surface area contributed by atoms with Crippen LogP contribution in [0.25, 0.3) is 5.82 Å². The van der Waals surface area contributed by atoms with Crippen molar-refractivity contribution in [3.05, 3.63) is 59.4 Å². The number of aromatic nitrogens is 3. The number of carbonyl (C=O) groups is 2. The second kappa shape index (κ2) is 11.3. The van der Waals surface area contributed by atoms with E-state index in [1.54, 1.807) is 0 Å². The summed E-state index contributed by atoms with van der Waals surface area (Å²) >= 11 is 0. The maximum Gasteiger partial charge on any atom is 0.490 e. The molecule has 216 valence electrons. The first-order valence-corrected chi connectivity index (χ1v) is 13.4. The highest BCUT2D eigenvalue weighted by Crippen LogP contribution is 2.47. The SMILES string of the molecule is CCCc1onc(C)c1C(=O)N1CCC2(C1)c1cccn1-c1ncccc1N2CCC(C)C.O=C(O)C(F)(F)F. The lowest BCUT2D eigenvalue weighted by atomic mass is 9.88. The van der Waals surface area contributed by atoms with E-state index in [0.29, 0.717) is 36.0 Å². The fourth-order valence-corrected chi connectivity index (χ4v) is 5.46. The van der Waals surface area contributed by atoms with Gasteiger partial charge in [-0.2, -0.15) is 13.2 Å². The van der Waals surface area contributed by atoms with Crippen molar-refractivity contribution >= 4 is 17.6 Å². The zero-order chi connectivity index (χ0) is 29.2. The van der Waals surface area contributed by atoms with Crippen molar-refractivity contribution in [2.45, 2.75) is 65.1 Å². The molecule has 2 aliphatic heterocycles. The van der Waals surface area contributed by atoms with Crippen molar-refractivity contribution in [1.82, 2.24) is 19.6 Å². The average molecular weight is 562 g/mol. The predicted octanol–water partition coefficient (Wildman–Crippen LogP) is 5.36. The van der Waals surface area contributed by atoms with Crippen LogP contribution in [-0.4, -0.2) is 62.4 Å². The minimum absolute atomic E-state index is 0.0352. The summed E-state index contributed by atoms with van der Waals surface area (Å²) in [6.07, 6.45) is 2.47. The van der Waals surface area contributed by atoms with Crippen molar-refractivity contribution in [3.63, 3.8) is 0 Å². The Hall–Kier alpha value is -3.83. The Kier molecular flexibility index (Phi) is 8.27. The fourth-order valence-electron chi connectivity index (χ4n) is 5.46. The van der Waals surface area contributed by atoms with Gasteiger partial charge in [-0.1, -0.05) is 25.9 Å². The first-order chi connectivity index (χ1) is 18.9. The molecule has 5 heterocycles. The van der Waals surface area contributed by atoms with Gasteiger partial charge in [0.1, 0.15) is 16.9 Å². The van der Waals surface area contributed by atoms with Gasteiger partial charge in [-0.25, -0.2) is 9.78 Å². The second-order valence-corrected chi connectivity index (χ2v) is 10.6. The Balaban J connectivity index is 0.000000470. The fraction of sp³-hybridized carbons (Fsp3) is 0.500. The summed E-state index contributed by atoms with van der Waals surface area (Å²) in [6.45, 7) is 10.7. The molecule has 1 amide bonds. The summed E-state index contributed by atoms with van der Waals surface area (Å²) < 4.78 is 39.5. The molecule has 12 heteroatoms. The third-order valence-electron chi connectivity index (χ3n) is 7.36. The summed E-state index contributed by atoms with van der Waals surface area (Å²) in [6, 6.07) is 8.47. The zero-order valence-electron chi connectivity index (χ0n) is 23.0. The van der Waals surface area contributed by atoms with Crippen LogP contribution in [0.15, 0.2) is 41.2 Å². The first kappa shape index (κ1) is 29.2. The van der Waals surface area contributed by atoms with Crippen molar-refractivity contribution in [3.8, 4) is 5.82 Å². The Labute approximate surface area is 230 Å². The van der Waals surface area contributed by atoms with Gasteiger partial charge in [0, 0.05) is 38.4 Å². The van der Waals surface area contributed by atoms with Crippen LogP contribution in [0.2, 0.25) is 0 Å². The molecule has 1 atom stereocenters. The van der Waals surface area contributed by atoms with Crippen LogP contribution in [-0.2, 0) is 16.8 Å². The Morgan fingerprint density at radius 3 is 2.60 bits per heavy atom. The highest BCUT2D eigenvalue weighted by molar-refractivity contribution is 5.96. The summed E-state index contributed by atoms with van der Waals surface area (Å²) in [7, 11) is 0. The van der Waals surface area contributed by atoms with Gasteiger partial charge in [-0.05, 0) is 56.4 Å². The Morgan fingerprint density at radius 2 is 1.95 bits per heavy atom. The number of carboxylic acid groups (broad SMARTS) is 1. The number of halogens is 3. The van der Waals surface area contributed by atoms with E-state index < -0.39 is 12.1 Å². The zero-order valence-corrected chi connectivity index (χ0v) is 23.0. The lowest BCUT2D eigenvalue weighted by molar-refractivity contribution is -0.192. The molecule has 0 radical (unpaired) electrons. The number of anilines is 1. The van der Waals surface area contributed by atoms with E-state index in [1.807, 2.05) is 24.1 Å². The second-order valence-electron chi connectivity index (χ2n) is 10.6. The number of aryl methyl sites for hydroxylation is 2. The maximum atomic E-state index is 13.7. The third-order valence-corrected chi connectivity index (χ3v) is 7.36. The molecule has 1 saturated heterocycles. The van der Waals surface area contributed by atoms with E-state index in [2.05, 4.69) is 59.8 Å². The van der Waals surface area contributed by atoms with Gasteiger partial charge in [0.15, 0.2) is 5.82 Å².